The van der Waals surface area contributed by atoms with Gasteiger partial charge in [0.15, 0.2) is 17.5 Å². The average molecular weight is 556 g/mol. The molecule has 3 heterocycles. The van der Waals surface area contributed by atoms with Gasteiger partial charge in [-0.25, -0.2) is 19.1 Å². The van der Waals surface area contributed by atoms with Gasteiger partial charge in [0.2, 0.25) is 5.91 Å². The van der Waals surface area contributed by atoms with E-state index in [9.17, 15) is 4.79 Å². The Labute approximate surface area is 241 Å². The number of benzene rings is 4. The molecule has 0 bridgehead atoms. The fourth-order valence-corrected chi connectivity index (χ4v) is 5.51. The van der Waals surface area contributed by atoms with E-state index in [0.717, 1.165) is 34.0 Å². The highest BCUT2D eigenvalue weighted by molar-refractivity contribution is 6.51. The minimum Gasteiger partial charge on any atom is -0.337 e. The number of carbonyl (C=O) groups is 1. The number of para-hydroxylation sites is 3. The van der Waals surface area contributed by atoms with Crippen LogP contribution >= 0.6 is 0 Å². The van der Waals surface area contributed by atoms with Crippen LogP contribution in [0.3, 0.4) is 0 Å². The molecule has 4 aromatic carbocycles. The molecular weight excluding hydrogens is 529 g/mol. The lowest BCUT2D eigenvalue weighted by Gasteiger charge is -2.40. The number of hydrogen-bond acceptors (Lipinski definition) is 6. The Hall–Kier alpha value is -5.57. The van der Waals surface area contributed by atoms with Gasteiger partial charge in [0.25, 0.3) is 0 Å². The van der Waals surface area contributed by atoms with Crippen LogP contribution in [0, 0.1) is 12.7 Å². The van der Waals surface area contributed by atoms with Crippen LogP contribution < -0.4 is 15.5 Å². The number of fused-ring (bicyclic) bond motifs is 4. The van der Waals surface area contributed by atoms with E-state index in [0.29, 0.717) is 28.7 Å². The monoisotopic (exact) mass is 555 g/mol. The summed E-state index contributed by atoms with van der Waals surface area (Å²) < 4.78 is 17.5. The van der Waals surface area contributed by atoms with Crippen molar-refractivity contribution < 1.29 is 9.18 Å². The molecule has 8 nitrogen and oxygen atoms in total. The Morgan fingerprint density at radius 2 is 1.52 bits per heavy atom. The van der Waals surface area contributed by atoms with Crippen molar-refractivity contribution in [2.45, 2.75) is 19.9 Å². The minimum absolute atomic E-state index is 0.142. The molecule has 1 aromatic heterocycles. The second kappa shape index (κ2) is 10.1. The summed E-state index contributed by atoms with van der Waals surface area (Å²) in [6, 6.07) is 31.2. The van der Waals surface area contributed by atoms with Crippen LogP contribution in [0.2, 0.25) is 0 Å². The SMILES string of the molecule is CC(=O)Nc1ccc(NC2=Nc3ccccc3N3C2=Nc2c(c(C)nn2-c2ccccc2)C3c2ccccc2F)cc1. The van der Waals surface area contributed by atoms with Crippen molar-refractivity contribution >= 4 is 46.1 Å². The molecule has 42 heavy (non-hydrogen) atoms. The first-order valence-electron chi connectivity index (χ1n) is 13.6. The van der Waals surface area contributed by atoms with E-state index in [4.69, 9.17) is 15.1 Å². The lowest BCUT2D eigenvalue weighted by Crippen LogP contribution is -2.46. The number of aryl methyl sites for hydroxylation is 1. The summed E-state index contributed by atoms with van der Waals surface area (Å²) in [6.45, 7) is 3.41. The molecule has 0 saturated heterocycles. The van der Waals surface area contributed by atoms with Crippen LogP contribution in [0.25, 0.3) is 5.69 Å². The second-order valence-corrected chi connectivity index (χ2v) is 10.1. The quantitative estimate of drug-likeness (QED) is 0.248. The molecule has 0 spiro atoms. The molecule has 2 aliphatic heterocycles. The number of amides is 1. The number of nitrogens with zero attached hydrogens (tertiary/aromatic N) is 5. The number of amidine groups is 2. The summed E-state index contributed by atoms with van der Waals surface area (Å²) in [4.78, 5) is 23.7. The average Bonchev–Trinajstić information content (AvgIpc) is 3.33. The largest absolute Gasteiger partial charge is 0.337 e. The summed E-state index contributed by atoms with van der Waals surface area (Å²) in [5.74, 6) is 1.21. The fraction of sp³-hybridized carbons (Fsp3) is 0.0909. The number of aliphatic imine (C=N–C) groups is 2. The van der Waals surface area contributed by atoms with E-state index in [-0.39, 0.29) is 11.7 Å². The Balaban J connectivity index is 1.44. The molecule has 9 heteroatoms. The van der Waals surface area contributed by atoms with Gasteiger partial charge >= 0.3 is 0 Å². The summed E-state index contributed by atoms with van der Waals surface area (Å²) in [6.07, 6.45) is 0. The molecule has 5 aromatic rings. The highest BCUT2D eigenvalue weighted by atomic mass is 19.1. The van der Waals surface area contributed by atoms with Gasteiger partial charge in [-0.15, -0.1) is 0 Å². The molecule has 1 amide bonds. The molecule has 1 atom stereocenters. The summed E-state index contributed by atoms with van der Waals surface area (Å²) in [5, 5.41) is 11.1. The molecular formula is C33H26FN7O. The molecule has 2 N–H and O–H groups in total. The summed E-state index contributed by atoms with van der Waals surface area (Å²) in [7, 11) is 0. The molecule has 0 radical (unpaired) electrons. The van der Waals surface area contributed by atoms with Gasteiger partial charge in [-0.05, 0) is 61.5 Å². The standard InChI is InChI=1S/C33H26FN7O/c1-20-29-30(25-12-6-7-13-26(25)34)40-28-15-9-8-14-27(28)37-31(36-23-18-16-22(17-19-23)35-21(2)42)33(40)38-32(29)41(39-20)24-10-4-3-5-11-24/h3-19,30H,1-2H3,(H,35,42)(H,36,37). The Morgan fingerprint density at radius 1 is 0.833 bits per heavy atom. The number of halogens is 1. The first-order valence-corrected chi connectivity index (χ1v) is 13.6. The van der Waals surface area contributed by atoms with Gasteiger partial charge in [0.1, 0.15) is 5.82 Å². The van der Waals surface area contributed by atoms with Crippen molar-refractivity contribution in [2.75, 3.05) is 15.5 Å². The first kappa shape index (κ1) is 25.4. The van der Waals surface area contributed by atoms with E-state index >= 15 is 4.39 Å². The zero-order valence-electron chi connectivity index (χ0n) is 22.9. The van der Waals surface area contributed by atoms with Crippen molar-refractivity contribution in [2.24, 2.45) is 9.98 Å². The lowest BCUT2D eigenvalue weighted by molar-refractivity contribution is -0.114. The van der Waals surface area contributed by atoms with E-state index < -0.39 is 6.04 Å². The number of hydrogen-bond donors (Lipinski definition) is 2. The number of rotatable bonds is 4. The Bertz CT molecular complexity index is 1890. The Kier molecular flexibility index (Phi) is 6.12. The zero-order valence-corrected chi connectivity index (χ0v) is 22.9. The maximum absolute atomic E-state index is 15.7. The minimum atomic E-state index is -0.554. The predicted octanol–water partition coefficient (Wildman–Crippen LogP) is 7.07. The van der Waals surface area contributed by atoms with Crippen LogP contribution in [-0.2, 0) is 4.79 Å². The van der Waals surface area contributed by atoms with Crippen LogP contribution in [0.5, 0.6) is 0 Å². The third-order valence-corrected chi connectivity index (χ3v) is 7.31. The van der Waals surface area contributed by atoms with E-state index in [1.165, 1.54) is 13.0 Å². The predicted molar refractivity (Wildman–Crippen MR) is 164 cm³/mol. The highest BCUT2D eigenvalue weighted by Crippen LogP contribution is 2.48. The van der Waals surface area contributed by atoms with E-state index in [1.807, 2.05) is 108 Å². The van der Waals surface area contributed by atoms with Gasteiger partial charge in [-0.2, -0.15) is 5.10 Å². The second-order valence-electron chi connectivity index (χ2n) is 10.1. The van der Waals surface area contributed by atoms with Crippen LogP contribution in [0.1, 0.15) is 29.8 Å². The van der Waals surface area contributed by atoms with Crippen molar-refractivity contribution in [3.05, 3.63) is 126 Å². The summed E-state index contributed by atoms with van der Waals surface area (Å²) in [5.41, 5.74) is 5.93. The Morgan fingerprint density at radius 3 is 2.29 bits per heavy atom. The van der Waals surface area contributed by atoms with Crippen molar-refractivity contribution in [3.63, 3.8) is 0 Å². The fourth-order valence-electron chi connectivity index (χ4n) is 5.51. The molecule has 0 fully saturated rings. The van der Waals surface area contributed by atoms with Crippen molar-refractivity contribution in [1.29, 1.82) is 0 Å². The van der Waals surface area contributed by atoms with Gasteiger partial charge in [-0.1, -0.05) is 48.5 Å². The van der Waals surface area contributed by atoms with Gasteiger partial charge in [-0.3, -0.25) is 4.79 Å². The normalized spacial score (nSPS) is 15.1. The van der Waals surface area contributed by atoms with E-state index in [2.05, 4.69) is 10.6 Å². The molecule has 7 rings (SSSR count). The molecule has 206 valence electrons. The first-order chi connectivity index (χ1) is 20.5. The molecule has 0 saturated carbocycles. The maximum atomic E-state index is 15.7. The van der Waals surface area contributed by atoms with Crippen LogP contribution in [0.15, 0.2) is 113 Å². The van der Waals surface area contributed by atoms with Crippen molar-refractivity contribution in [1.82, 2.24) is 9.78 Å². The van der Waals surface area contributed by atoms with Crippen molar-refractivity contribution in [3.8, 4) is 5.69 Å². The molecule has 1 unspecified atom stereocenters. The number of carbonyl (C=O) groups excluding carboxylic acids is 1. The third-order valence-electron chi connectivity index (χ3n) is 7.31. The highest BCUT2D eigenvalue weighted by Gasteiger charge is 2.42. The summed E-state index contributed by atoms with van der Waals surface area (Å²) >= 11 is 0. The topological polar surface area (TPSA) is 86.9 Å². The number of nitrogens with one attached hydrogen (secondary N) is 2. The van der Waals surface area contributed by atoms with Gasteiger partial charge in [0, 0.05) is 29.4 Å². The maximum Gasteiger partial charge on any atom is 0.221 e. The number of aromatic nitrogens is 2. The molecule has 2 aliphatic rings. The zero-order chi connectivity index (χ0) is 28.8. The molecule has 0 aliphatic carbocycles. The lowest BCUT2D eigenvalue weighted by atomic mass is 9.93. The number of anilines is 3. The van der Waals surface area contributed by atoms with Crippen LogP contribution in [-0.4, -0.2) is 27.4 Å². The van der Waals surface area contributed by atoms with Gasteiger partial charge in [0.05, 0.1) is 28.8 Å². The van der Waals surface area contributed by atoms with Crippen LogP contribution in [0.4, 0.5) is 33.0 Å². The third kappa shape index (κ3) is 4.32. The smallest absolute Gasteiger partial charge is 0.221 e. The van der Waals surface area contributed by atoms with E-state index in [1.54, 1.807) is 6.07 Å². The van der Waals surface area contributed by atoms with Gasteiger partial charge < -0.3 is 15.5 Å².